The first kappa shape index (κ1) is 20.4. The van der Waals surface area contributed by atoms with E-state index in [9.17, 15) is 13.5 Å². The van der Waals surface area contributed by atoms with Gasteiger partial charge in [0.2, 0.25) is 0 Å². The van der Waals surface area contributed by atoms with Crippen molar-refractivity contribution in [2.24, 2.45) is 4.99 Å². The van der Waals surface area contributed by atoms with Crippen LogP contribution in [0.3, 0.4) is 0 Å². The third-order valence-corrected chi connectivity index (χ3v) is 6.89. The third kappa shape index (κ3) is 6.44. The molecule has 26 heavy (non-hydrogen) atoms. The van der Waals surface area contributed by atoms with Gasteiger partial charge in [0.05, 0.1) is 18.4 Å². The zero-order valence-corrected chi connectivity index (χ0v) is 16.6. The summed E-state index contributed by atoms with van der Waals surface area (Å²) in [6, 6.07) is 11.3. The Morgan fingerprint density at radius 2 is 1.96 bits per heavy atom. The summed E-state index contributed by atoms with van der Waals surface area (Å²) in [6.07, 6.45) is -1.02. The highest BCUT2D eigenvalue weighted by atomic mass is 32.2. The molecule has 0 spiro atoms. The molecule has 1 aromatic heterocycles. The van der Waals surface area contributed by atoms with E-state index < -0.39 is 15.9 Å². The molecule has 142 valence electrons. The molecule has 2 rings (SSSR count). The van der Waals surface area contributed by atoms with E-state index in [2.05, 4.69) is 15.6 Å². The SMILES string of the molecule is CCNC(=NCc1ccc(C)cc1)NCC(O)CS(=O)(=O)c1cccs1. The van der Waals surface area contributed by atoms with Crippen molar-refractivity contribution in [3.63, 3.8) is 0 Å². The van der Waals surface area contributed by atoms with Gasteiger partial charge in [0, 0.05) is 13.1 Å². The first-order valence-electron chi connectivity index (χ1n) is 8.42. The number of aliphatic hydroxyl groups excluding tert-OH is 1. The summed E-state index contributed by atoms with van der Waals surface area (Å²) in [7, 11) is -3.47. The number of aliphatic hydroxyl groups is 1. The largest absolute Gasteiger partial charge is 0.390 e. The zero-order chi connectivity index (χ0) is 19.0. The van der Waals surface area contributed by atoms with E-state index in [0.29, 0.717) is 19.0 Å². The van der Waals surface area contributed by atoms with Gasteiger partial charge < -0.3 is 15.7 Å². The molecule has 0 fully saturated rings. The van der Waals surface area contributed by atoms with Crippen LogP contribution in [0.15, 0.2) is 51.0 Å². The molecule has 0 amide bonds. The van der Waals surface area contributed by atoms with E-state index in [1.165, 1.54) is 5.56 Å². The summed E-state index contributed by atoms with van der Waals surface area (Å²) in [5.74, 6) is 0.221. The van der Waals surface area contributed by atoms with E-state index in [0.717, 1.165) is 16.9 Å². The molecule has 0 saturated carbocycles. The first-order valence-corrected chi connectivity index (χ1v) is 11.0. The van der Waals surface area contributed by atoms with Gasteiger partial charge in [-0.3, -0.25) is 0 Å². The standard InChI is InChI=1S/C18H25N3O3S2/c1-3-19-18(20-11-15-8-6-14(2)7-9-15)21-12-16(22)13-26(23,24)17-5-4-10-25-17/h4-10,16,22H,3,11-13H2,1-2H3,(H2,19,20,21). The number of benzene rings is 1. The molecule has 0 aliphatic carbocycles. The number of sulfone groups is 1. The van der Waals surface area contributed by atoms with Crippen LogP contribution < -0.4 is 10.6 Å². The fourth-order valence-corrected chi connectivity index (χ4v) is 4.74. The van der Waals surface area contributed by atoms with Crippen LogP contribution in [0, 0.1) is 6.92 Å². The van der Waals surface area contributed by atoms with Crippen LogP contribution in [0.2, 0.25) is 0 Å². The van der Waals surface area contributed by atoms with Crippen LogP contribution in [-0.4, -0.2) is 44.4 Å². The molecule has 1 atom stereocenters. The van der Waals surface area contributed by atoms with Gasteiger partial charge in [0.1, 0.15) is 4.21 Å². The predicted molar refractivity (Wildman–Crippen MR) is 106 cm³/mol. The number of hydrogen-bond acceptors (Lipinski definition) is 5. The van der Waals surface area contributed by atoms with Gasteiger partial charge in [-0.25, -0.2) is 13.4 Å². The van der Waals surface area contributed by atoms with E-state index in [-0.39, 0.29) is 16.5 Å². The second-order valence-corrected chi connectivity index (χ2v) is 9.14. The van der Waals surface area contributed by atoms with Crippen molar-refractivity contribution in [3.05, 3.63) is 52.9 Å². The summed E-state index contributed by atoms with van der Waals surface area (Å²) in [6.45, 7) is 5.25. The second kappa shape index (κ2) is 9.70. The number of rotatable bonds is 8. The van der Waals surface area contributed by atoms with Crippen molar-refractivity contribution in [2.75, 3.05) is 18.8 Å². The van der Waals surface area contributed by atoms with Crippen molar-refractivity contribution in [3.8, 4) is 0 Å². The fraction of sp³-hybridized carbons (Fsp3) is 0.389. The minimum atomic E-state index is -3.47. The Balaban J connectivity index is 1.90. The lowest BCUT2D eigenvalue weighted by atomic mass is 10.1. The molecule has 8 heteroatoms. The molecule has 3 N–H and O–H groups in total. The molecule has 1 unspecified atom stereocenters. The first-order chi connectivity index (χ1) is 12.4. The molecule has 0 bridgehead atoms. The Morgan fingerprint density at radius 3 is 2.58 bits per heavy atom. The Bertz CT molecular complexity index is 801. The second-order valence-electron chi connectivity index (χ2n) is 5.93. The summed E-state index contributed by atoms with van der Waals surface area (Å²) >= 11 is 1.16. The van der Waals surface area contributed by atoms with E-state index in [4.69, 9.17) is 0 Å². The van der Waals surface area contributed by atoms with Gasteiger partial charge in [-0.1, -0.05) is 35.9 Å². The minimum absolute atomic E-state index is 0.102. The lowest BCUT2D eigenvalue weighted by Crippen LogP contribution is -2.42. The molecular formula is C18H25N3O3S2. The van der Waals surface area contributed by atoms with Crippen LogP contribution in [0.1, 0.15) is 18.1 Å². The van der Waals surface area contributed by atoms with Crippen molar-refractivity contribution >= 4 is 27.1 Å². The quantitative estimate of drug-likeness (QED) is 0.469. The molecule has 0 saturated heterocycles. The Kier molecular flexibility index (Phi) is 7.62. The number of guanidine groups is 1. The average Bonchev–Trinajstić information content (AvgIpc) is 3.14. The number of aryl methyl sites for hydroxylation is 1. The Hall–Kier alpha value is -1.90. The monoisotopic (exact) mass is 395 g/mol. The molecule has 1 heterocycles. The van der Waals surface area contributed by atoms with Gasteiger partial charge in [-0.05, 0) is 30.9 Å². The summed E-state index contributed by atoms with van der Waals surface area (Å²) in [5.41, 5.74) is 2.27. The highest BCUT2D eigenvalue weighted by molar-refractivity contribution is 7.93. The lowest BCUT2D eigenvalue weighted by molar-refractivity contribution is 0.200. The highest BCUT2D eigenvalue weighted by Gasteiger charge is 2.20. The number of thiophene rings is 1. The third-order valence-electron chi connectivity index (χ3n) is 3.60. The van der Waals surface area contributed by atoms with Gasteiger partial charge in [-0.2, -0.15) is 0 Å². The number of nitrogens with zero attached hydrogens (tertiary/aromatic N) is 1. The van der Waals surface area contributed by atoms with Crippen LogP contribution in [0.5, 0.6) is 0 Å². The van der Waals surface area contributed by atoms with Crippen LogP contribution in [0.25, 0.3) is 0 Å². The molecule has 1 aromatic carbocycles. The minimum Gasteiger partial charge on any atom is -0.390 e. The molecule has 6 nitrogen and oxygen atoms in total. The number of aliphatic imine (C=N–C) groups is 1. The fourth-order valence-electron chi connectivity index (χ4n) is 2.25. The lowest BCUT2D eigenvalue weighted by Gasteiger charge is -2.15. The number of hydrogen-bond donors (Lipinski definition) is 3. The van der Waals surface area contributed by atoms with Gasteiger partial charge >= 0.3 is 0 Å². The maximum Gasteiger partial charge on any atom is 0.191 e. The predicted octanol–water partition coefficient (Wildman–Crippen LogP) is 1.95. The molecule has 0 radical (unpaired) electrons. The summed E-state index contributed by atoms with van der Waals surface area (Å²) in [5, 5.41) is 17.9. The molecule has 0 aliphatic rings. The van der Waals surface area contributed by atoms with Crippen LogP contribution >= 0.6 is 11.3 Å². The molecule has 0 aliphatic heterocycles. The van der Waals surface area contributed by atoms with Gasteiger partial charge in [-0.15, -0.1) is 11.3 Å². The Labute approximate surface area is 158 Å². The Morgan fingerprint density at radius 1 is 1.23 bits per heavy atom. The van der Waals surface area contributed by atoms with E-state index in [1.807, 2.05) is 38.1 Å². The van der Waals surface area contributed by atoms with E-state index in [1.54, 1.807) is 17.5 Å². The maximum atomic E-state index is 12.2. The van der Waals surface area contributed by atoms with Crippen LogP contribution in [-0.2, 0) is 16.4 Å². The molecular weight excluding hydrogens is 370 g/mol. The van der Waals surface area contributed by atoms with E-state index >= 15 is 0 Å². The van der Waals surface area contributed by atoms with Crippen molar-refractivity contribution in [1.82, 2.24) is 10.6 Å². The average molecular weight is 396 g/mol. The zero-order valence-electron chi connectivity index (χ0n) is 15.0. The van der Waals surface area contributed by atoms with Crippen molar-refractivity contribution in [2.45, 2.75) is 30.7 Å². The normalized spacial score (nSPS) is 13.4. The van der Waals surface area contributed by atoms with Crippen LogP contribution in [0.4, 0.5) is 0 Å². The maximum absolute atomic E-state index is 12.2. The summed E-state index contributed by atoms with van der Waals surface area (Å²) < 4.78 is 24.7. The van der Waals surface area contributed by atoms with Crippen molar-refractivity contribution in [1.29, 1.82) is 0 Å². The molecule has 2 aromatic rings. The van der Waals surface area contributed by atoms with Crippen molar-refractivity contribution < 1.29 is 13.5 Å². The van der Waals surface area contributed by atoms with Gasteiger partial charge in [0.25, 0.3) is 0 Å². The number of nitrogens with one attached hydrogen (secondary N) is 2. The smallest absolute Gasteiger partial charge is 0.191 e. The topological polar surface area (TPSA) is 90.8 Å². The highest BCUT2D eigenvalue weighted by Crippen LogP contribution is 2.18. The van der Waals surface area contributed by atoms with Gasteiger partial charge in [0.15, 0.2) is 15.8 Å². The summed E-state index contributed by atoms with van der Waals surface area (Å²) in [4.78, 5) is 4.47.